The fraction of sp³-hybridized carbons (Fsp3) is 0.278. The molecule has 1 aliphatic rings. The zero-order valence-electron chi connectivity index (χ0n) is 13.1. The van der Waals surface area contributed by atoms with E-state index in [9.17, 15) is 13.2 Å². The second kappa shape index (κ2) is 5.81. The highest BCUT2D eigenvalue weighted by Crippen LogP contribution is 2.35. The largest absolute Gasteiger partial charge is 0.345 e. The van der Waals surface area contributed by atoms with E-state index in [0.717, 1.165) is 12.7 Å². The van der Waals surface area contributed by atoms with Gasteiger partial charge in [0.25, 0.3) is 5.91 Å². The lowest BCUT2D eigenvalue weighted by Gasteiger charge is -2.19. The fourth-order valence-corrected chi connectivity index (χ4v) is 3.72. The maximum atomic E-state index is 12.5. The molecule has 0 saturated heterocycles. The SMILES string of the molecule is C[C@@H]1Cc2ccccc2[C@H]1NC(=O)c1ccc(S(C)(=O)=O)cc1. The van der Waals surface area contributed by atoms with E-state index in [4.69, 9.17) is 0 Å². The molecule has 0 radical (unpaired) electrons. The molecule has 4 nitrogen and oxygen atoms in total. The first-order valence-electron chi connectivity index (χ1n) is 7.55. The molecule has 2 aromatic rings. The Balaban J connectivity index is 1.80. The van der Waals surface area contributed by atoms with Gasteiger partial charge in [-0.2, -0.15) is 0 Å². The molecule has 0 unspecified atom stereocenters. The maximum absolute atomic E-state index is 12.5. The summed E-state index contributed by atoms with van der Waals surface area (Å²) < 4.78 is 22.9. The van der Waals surface area contributed by atoms with Crippen molar-refractivity contribution >= 4 is 15.7 Å². The van der Waals surface area contributed by atoms with E-state index in [1.54, 1.807) is 12.1 Å². The van der Waals surface area contributed by atoms with Gasteiger partial charge in [-0.3, -0.25) is 4.79 Å². The van der Waals surface area contributed by atoms with E-state index in [2.05, 4.69) is 24.4 Å². The van der Waals surface area contributed by atoms with Crippen LogP contribution in [0.2, 0.25) is 0 Å². The molecule has 0 spiro atoms. The number of hydrogen-bond donors (Lipinski definition) is 1. The zero-order valence-corrected chi connectivity index (χ0v) is 13.9. The van der Waals surface area contributed by atoms with Gasteiger partial charge in [-0.25, -0.2) is 8.42 Å². The molecule has 0 aliphatic heterocycles. The third-order valence-electron chi connectivity index (χ3n) is 4.33. The predicted octanol–water partition coefficient (Wildman–Crippen LogP) is 2.75. The van der Waals surface area contributed by atoms with Crippen LogP contribution in [0.5, 0.6) is 0 Å². The molecule has 1 aliphatic carbocycles. The van der Waals surface area contributed by atoms with E-state index >= 15 is 0 Å². The number of fused-ring (bicyclic) bond motifs is 1. The number of carbonyl (C=O) groups is 1. The van der Waals surface area contributed by atoms with Crippen molar-refractivity contribution in [3.05, 3.63) is 65.2 Å². The van der Waals surface area contributed by atoms with Crippen molar-refractivity contribution in [3.8, 4) is 0 Å². The highest BCUT2D eigenvalue weighted by Gasteiger charge is 2.30. The van der Waals surface area contributed by atoms with Crippen molar-refractivity contribution < 1.29 is 13.2 Å². The molecule has 5 heteroatoms. The fourth-order valence-electron chi connectivity index (χ4n) is 3.09. The topological polar surface area (TPSA) is 63.2 Å². The number of sulfone groups is 1. The summed E-state index contributed by atoms with van der Waals surface area (Å²) in [7, 11) is -3.25. The summed E-state index contributed by atoms with van der Waals surface area (Å²) in [6.45, 7) is 2.12. The molecule has 23 heavy (non-hydrogen) atoms. The van der Waals surface area contributed by atoms with Crippen LogP contribution in [0.4, 0.5) is 0 Å². The number of nitrogens with one attached hydrogen (secondary N) is 1. The minimum atomic E-state index is -3.25. The summed E-state index contributed by atoms with van der Waals surface area (Å²) in [4.78, 5) is 12.7. The van der Waals surface area contributed by atoms with E-state index in [-0.39, 0.29) is 16.8 Å². The standard InChI is InChI=1S/C18H19NO3S/c1-12-11-14-5-3-4-6-16(14)17(12)19-18(20)13-7-9-15(10-8-13)23(2,21)22/h3-10,12,17H,11H2,1-2H3,(H,19,20)/t12-,17+/m1/s1. The minimum Gasteiger partial charge on any atom is -0.345 e. The van der Waals surface area contributed by atoms with Gasteiger partial charge >= 0.3 is 0 Å². The Labute approximate surface area is 136 Å². The average molecular weight is 329 g/mol. The van der Waals surface area contributed by atoms with Crippen molar-refractivity contribution in [3.63, 3.8) is 0 Å². The highest BCUT2D eigenvalue weighted by atomic mass is 32.2. The number of rotatable bonds is 3. The lowest BCUT2D eigenvalue weighted by molar-refractivity contribution is 0.0927. The van der Waals surface area contributed by atoms with Crippen LogP contribution in [0.1, 0.15) is 34.5 Å². The Hall–Kier alpha value is -2.14. The summed E-state index contributed by atoms with van der Waals surface area (Å²) in [6.07, 6.45) is 2.10. The van der Waals surface area contributed by atoms with Crippen molar-refractivity contribution in [2.75, 3.05) is 6.26 Å². The quantitative estimate of drug-likeness (QED) is 0.942. The summed E-state index contributed by atoms with van der Waals surface area (Å²) in [5.74, 6) is 0.158. The Bertz CT molecular complexity index is 841. The first kappa shape index (κ1) is 15.7. The molecule has 3 rings (SSSR count). The van der Waals surface area contributed by atoms with E-state index in [1.807, 2.05) is 12.1 Å². The van der Waals surface area contributed by atoms with Gasteiger partial charge in [-0.05, 0) is 47.7 Å². The lowest BCUT2D eigenvalue weighted by atomic mass is 10.0. The molecule has 120 valence electrons. The Morgan fingerprint density at radius 3 is 2.39 bits per heavy atom. The lowest BCUT2D eigenvalue weighted by Crippen LogP contribution is -2.30. The summed E-state index contributed by atoms with van der Waals surface area (Å²) in [6, 6.07) is 14.2. The number of carbonyl (C=O) groups excluding carboxylic acids is 1. The predicted molar refractivity (Wildman–Crippen MR) is 89.1 cm³/mol. The summed E-state index contributed by atoms with van der Waals surface area (Å²) >= 11 is 0. The molecule has 1 amide bonds. The zero-order chi connectivity index (χ0) is 16.6. The first-order valence-corrected chi connectivity index (χ1v) is 9.44. The smallest absolute Gasteiger partial charge is 0.251 e. The molecule has 2 atom stereocenters. The third kappa shape index (κ3) is 3.15. The third-order valence-corrected chi connectivity index (χ3v) is 5.46. The monoisotopic (exact) mass is 329 g/mol. The first-order chi connectivity index (χ1) is 10.9. The van der Waals surface area contributed by atoms with Gasteiger partial charge in [0.05, 0.1) is 10.9 Å². The molecular formula is C18H19NO3S. The van der Waals surface area contributed by atoms with Gasteiger partial charge in [0.1, 0.15) is 0 Å². The van der Waals surface area contributed by atoms with Crippen LogP contribution in [0.15, 0.2) is 53.4 Å². The van der Waals surface area contributed by atoms with Crippen LogP contribution < -0.4 is 5.32 Å². The second-order valence-electron chi connectivity index (χ2n) is 6.13. The Morgan fingerprint density at radius 2 is 1.74 bits per heavy atom. The number of hydrogen-bond acceptors (Lipinski definition) is 3. The van der Waals surface area contributed by atoms with E-state index in [1.165, 1.54) is 23.3 Å². The number of benzene rings is 2. The molecule has 2 aromatic carbocycles. The van der Waals surface area contributed by atoms with Crippen molar-refractivity contribution in [1.29, 1.82) is 0 Å². The van der Waals surface area contributed by atoms with Crippen LogP contribution in [0.25, 0.3) is 0 Å². The molecular weight excluding hydrogens is 310 g/mol. The van der Waals surface area contributed by atoms with Crippen molar-refractivity contribution in [2.45, 2.75) is 24.3 Å². The van der Waals surface area contributed by atoms with Crippen LogP contribution in [0.3, 0.4) is 0 Å². The van der Waals surface area contributed by atoms with Crippen LogP contribution >= 0.6 is 0 Å². The maximum Gasteiger partial charge on any atom is 0.251 e. The van der Waals surface area contributed by atoms with Gasteiger partial charge in [0.2, 0.25) is 0 Å². The van der Waals surface area contributed by atoms with Gasteiger partial charge in [-0.15, -0.1) is 0 Å². The van der Waals surface area contributed by atoms with Crippen LogP contribution in [-0.2, 0) is 16.3 Å². The molecule has 0 aromatic heterocycles. The molecule has 0 fully saturated rings. The molecule has 0 bridgehead atoms. The second-order valence-corrected chi connectivity index (χ2v) is 8.14. The molecule has 0 heterocycles. The van der Waals surface area contributed by atoms with Gasteiger partial charge < -0.3 is 5.32 Å². The minimum absolute atomic E-state index is 0.00622. The Morgan fingerprint density at radius 1 is 1.09 bits per heavy atom. The number of amides is 1. The normalized spacial score (nSPS) is 20.1. The van der Waals surface area contributed by atoms with Crippen LogP contribution in [0, 0.1) is 5.92 Å². The van der Waals surface area contributed by atoms with Gasteiger partial charge in [-0.1, -0.05) is 31.2 Å². The summed E-state index contributed by atoms with van der Waals surface area (Å²) in [5, 5.41) is 3.07. The molecule has 0 saturated carbocycles. The van der Waals surface area contributed by atoms with Crippen LogP contribution in [-0.4, -0.2) is 20.6 Å². The van der Waals surface area contributed by atoms with E-state index < -0.39 is 9.84 Å². The van der Waals surface area contributed by atoms with E-state index in [0.29, 0.717) is 11.5 Å². The molecule has 1 N–H and O–H groups in total. The highest BCUT2D eigenvalue weighted by molar-refractivity contribution is 7.90. The summed E-state index contributed by atoms with van der Waals surface area (Å²) in [5.41, 5.74) is 2.91. The van der Waals surface area contributed by atoms with Gasteiger partial charge in [0, 0.05) is 11.8 Å². The van der Waals surface area contributed by atoms with Crippen molar-refractivity contribution in [1.82, 2.24) is 5.32 Å². The Kier molecular flexibility index (Phi) is 3.98. The average Bonchev–Trinajstić information content (AvgIpc) is 2.82. The van der Waals surface area contributed by atoms with Crippen molar-refractivity contribution in [2.24, 2.45) is 5.92 Å². The van der Waals surface area contributed by atoms with Gasteiger partial charge in [0.15, 0.2) is 9.84 Å².